The van der Waals surface area contributed by atoms with Gasteiger partial charge >= 0.3 is 0 Å². The Hall–Kier alpha value is -1.70. The van der Waals surface area contributed by atoms with Crippen LogP contribution in [-0.2, 0) is 0 Å². The SMILES string of the molecule is O=C(c1c(F)c(F)c(F)c(F)c1F)N1C[C@@H]2CCN[C@@H]2C1. The highest BCUT2D eigenvalue weighted by atomic mass is 19.2. The number of nitrogens with one attached hydrogen (secondary N) is 1. The zero-order valence-electron chi connectivity index (χ0n) is 10.7. The van der Waals surface area contributed by atoms with E-state index in [9.17, 15) is 26.7 Å². The van der Waals surface area contributed by atoms with Gasteiger partial charge in [0.05, 0.1) is 0 Å². The van der Waals surface area contributed by atoms with Crippen molar-refractivity contribution in [1.29, 1.82) is 0 Å². The van der Waals surface area contributed by atoms with Gasteiger partial charge in [0.25, 0.3) is 5.91 Å². The van der Waals surface area contributed by atoms with Crippen LogP contribution in [0.2, 0.25) is 0 Å². The van der Waals surface area contributed by atoms with Crippen LogP contribution in [0.1, 0.15) is 16.8 Å². The average Bonchev–Trinajstić information content (AvgIpc) is 3.04. The molecule has 8 heteroatoms. The van der Waals surface area contributed by atoms with Crippen molar-refractivity contribution >= 4 is 5.91 Å². The van der Waals surface area contributed by atoms with Crippen LogP contribution in [0.15, 0.2) is 0 Å². The highest BCUT2D eigenvalue weighted by molar-refractivity contribution is 5.95. The molecule has 1 aromatic carbocycles. The summed E-state index contributed by atoms with van der Waals surface area (Å²) < 4.78 is 66.5. The van der Waals surface area contributed by atoms with Gasteiger partial charge in [-0.3, -0.25) is 4.79 Å². The fourth-order valence-electron chi connectivity index (χ4n) is 2.97. The zero-order valence-corrected chi connectivity index (χ0v) is 10.7. The van der Waals surface area contributed by atoms with E-state index in [0.717, 1.165) is 17.9 Å². The second-order valence-corrected chi connectivity index (χ2v) is 5.26. The highest BCUT2D eigenvalue weighted by Crippen LogP contribution is 2.29. The molecule has 0 bridgehead atoms. The van der Waals surface area contributed by atoms with Crippen LogP contribution in [0.4, 0.5) is 22.0 Å². The predicted molar refractivity (Wildman–Crippen MR) is 62.0 cm³/mol. The molecule has 0 saturated carbocycles. The average molecular weight is 306 g/mol. The molecule has 1 aromatic rings. The maximum absolute atomic E-state index is 13.6. The molecule has 0 aromatic heterocycles. The van der Waals surface area contributed by atoms with Crippen molar-refractivity contribution in [2.24, 2.45) is 5.92 Å². The van der Waals surface area contributed by atoms with E-state index in [1.807, 2.05) is 0 Å². The molecule has 2 heterocycles. The van der Waals surface area contributed by atoms with Crippen molar-refractivity contribution in [2.75, 3.05) is 19.6 Å². The molecule has 0 unspecified atom stereocenters. The molecule has 2 aliphatic heterocycles. The van der Waals surface area contributed by atoms with Gasteiger partial charge in [-0.05, 0) is 18.9 Å². The van der Waals surface area contributed by atoms with Crippen LogP contribution < -0.4 is 5.32 Å². The van der Waals surface area contributed by atoms with Gasteiger partial charge in [-0.25, -0.2) is 22.0 Å². The van der Waals surface area contributed by atoms with Gasteiger partial charge in [0.2, 0.25) is 5.82 Å². The highest BCUT2D eigenvalue weighted by Gasteiger charge is 2.40. The van der Waals surface area contributed by atoms with Crippen molar-refractivity contribution in [3.8, 4) is 0 Å². The Morgan fingerprint density at radius 2 is 1.52 bits per heavy atom. The lowest BCUT2D eigenvalue weighted by molar-refractivity contribution is 0.0769. The van der Waals surface area contributed by atoms with Crippen molar-refractivity contribution < 1.29 is 26.7 Å². The standard InChI is InChI=1S/C13H11F5N2O/c14-8-7(9(15)11(17)12(18)10(8)16)13(21)20-3-5-1-2-19-6(5)4-20/h5-6,19H,1-4H2/t5-,6+/m0/s1. The first-order valence-corrected chi connectivity index (χ1v) is 6.46. The fraction of sp³-hybridized carbons (Fsp3) is 0.462. The third kappa shape index (κ3) is 2.08. The molecule has 114 valence electrons. The molecular formula is C13H11F5N2O. The molecule has 0 radical (unpaired) electrons. The number of hydrogen-bond acceptors (Lipinski definition) is 2. The summed E-state index contributed by atoms with van der Waals surface area (Å²) in [6, 6.07) is 0.00946. The van der Waals surface area contributed by atoms with Gasteiger partial charge in [-0.2, -0.15) is 0 Å². The molecule has 2 aliphatic rings. The van der Waals surface area contributed by atoms with E-state index in [1.165, 1.54) is 0 Å². The molecule has 2 atom stereocenters. The molecule has 1 N–H and O–H groups in total. The van der Waals surface area contributed by atoms with Crippen LogP contribution in [0, 0.1) is 35.0 Å². The molecule has 3 rings (SSSR count). The van der Waals surface area contributed by atoms with Crippen LogP contribution in [0.3, 0.4) is 0 Å². The first-order chi connectivity index (χ1) is 9.91. The van der Waals surface area contributed by atoms with Crippen molar-refractivity contribution in [3.05, 3.63) is 34.6 Å². The van der Waals surface area contributed by atoms with Gasteiger partial charge in [0, 0.05) is 19.1 Å². The Morgan fingerprint density at radius 3 is 2.10 bits per heavy atom. The molecule has 3 nitrogen and oxygen atoms in total. The van der Waals surface area contributed by atoms with Crippen LogP contribution in [-0.4, -0.2) is 36.5 Å². The summed E-state index contributed by atoms with van der Waals surface area (Å²) in [7, 11) is 0. The normalized spacial score (nSPS) is 24.5. The monoisotopic (exact) mass is 306 g/mol. The third-order valence-electron chi connectivity index (χ3n) is 4.07. The van der Waals surface area contributed by atoms with Crippen LogP contribution in [0.5, 0.6) is 0 Å². The lowest BCUT2D eigenvalue weighted by atomic mass is 10.1. The number of benzene rings is 1. The van der Waals surface area contributed by atoms with Gasteiger partial charge in [0.1, 0.15) is 5.56 Å². The Kier molecular flexibility index (Phi) is 3.35. The lowest BCUT2D eigenvalue weighted by Gasteiger charge is -2.18. The van der Waals surface area contributed by atoms with Gasteiger partial charge in [-0.1, -0.05) is 0 Å². The summed E-state index contributed by atoms with van der Waals surface area (Å²) >= 11 is 0. The van der Waals surface area contributed by atoms with E-state index in [2.05, 4.69) is 5.32 Å². The molecule has 0 spiro atoms. The fourth-order valence-corrected chi connectivity index (χ4v) is 2.97. The summed E-state index contributed by atoms with van der Waals surface area (Å²) in [4.78, 5) is 13.2. The Bertz CT molecular complexity index is 580. The summed E-state index contributed by atoms with van der Waals surface area (Å²) in [6.45, 7) is 1.23. The predicted octanol–water partition coefficient (Wildman–Crippen LogP) is 1.82. The van der Waals surface area contributed by atoms with Gasteiger partial charge in [0.15, 0.2) is 23.3 Å². The van der Waals surface area contributed by atoms with Crippen molar-refractivity contribution in [3.63, 3.8) is 0 Å². The smallest absolute Gasteiger partial charge is 0.260 e. The molecule has 1 amide bonds. The van der Waals surface area contributed by atoms with E-state index >= 15 is 0 Å². The van der Waals surface area contributed by atoms with E-state index in [1.54, 1.807) is 0 Å². The first kappa shape index (κ1) is 14.2. The van der Waals surface area contributed by atoms with E-state index in [0.29, 0.717) is 0 Å². The third-order valence-corrected chi connectivity index (χ3v) is 4.07. The number of fused-ring (bicyclic) bond motifs is 1. The summed E-state index contributed by atoms with van der Waals surface area (Å²) in [5.74, 6) is -11.6. The van der Waals surface area contributed by atoms with Crippen LogP contribution >= 0.6 is 0 Å². The Labute approximate surface area is 116 Å². The number of carbonyl (C=O) groups excluding carboxylic acids is 1. The molecule has 2 saturated heterocycles. The largest absolute Gasteiger partial charge is 0.337 e. The van der Waals surface area contributed by atoms with E-state index < -0.39 is 40.6 Å². The number of halogens is 5. The maximum Gasteiger partial charge on any atom is 0.260 e. The molecule has 2 fully saturated rings. The number of carbonyl (C=O) groups is 1. The Morgan fingerprint density at radius 1 is 0.952 bits per heavy atom. The second-order valence-electron chi connectivity index (χ2n) is 5.26. The number of rotatable bonds is 1. The summed E-state index contributed by atoms with van der Waals surface area (Å²) in [5, 5.41) is 3.13. The number of likely N-dealkylation sites (tertiary alicyclic amines) is 1. The van der Waals surface area contributed by atoms with Crippen molar-refractivity contribution in [2.45, 2.75) is 12.5 Å². The number of amides is 1. The topological polar surface area (TPSA) is 32.3 Å². The minimum atomic E-state index is -2.26. The summed E-state index contributed by atoms with van der Waals surface area (Å²) in [6.07, 6.45) is 0.811. The minimum absolute atomic E-state index is 0.00946. The second kappa shape index (κ2) is 4.94. The van der Waals surface area contributed by atoms with Gasteiger partial charge in [-0.15, -0.1) is 0 Å². The van der Waals surface area contributed by atoms with Crippen molar-refractivity contribution in [1.82, 2.24) is 10.2 Å². The zero-order chi connectivity index (χ0) is 15.3. The maximum atomic E-state index is 13.6. The number of hydrogen-bond donors (Lipinski definition) is 1. The van der Waals surface area contributed by atoms with E-state index in [4.69, 9.17) is 0 Å². The molecule has 0 aliphatic carbocycles. The van der Waals surface area contributed by atoms with E-state index in [-0.39, 0.29) is 25.0 Å². The van der Waals surface area contributed by atoms with Crippen LogP contribution in [0.25, 0.3) is 0 Å². The number of nitrogens with zero attached hydrogens (tertiary/aromatic N) is 1. The first-order valence-electron chi connectivity index (χ1n) is 6.46. The Balaban J connectivity index is 1.96. The molecular weight excluding hydrogens is 295 g/mol. The summed E-state index contributed by atoms with van der Waals surface area (Å²) in [5.41, 5.74) is -1.38. The lowest BCUT2D eigenvalue weighted by Crippen LogP contribution is -2.35. The quantitative estimate of drug-likeness (QED) is 0.488. The minimum Gasteiger partial charge on any atom is -0.337 e. The molecule has 21 heavy (non-hydrogen) atoms. The van der Waals surface area contributed by atoms with Gasteiger partial charge < -0.3 is 10.2 Å².